The van der Waals surface area contributed by atoms with Gasteiger partial charge in [-0.05, 0) is 19.1 Å². The van der Waals surface area contributed by atoms with Crippen LogP contribution in [-0.2, 0) is 21.1 Å². The number of carbonyl (C=O) groups excluding carboxylic acids is 1. The van der Waals surface area contributed by atoms with Crippen LogP contribution in [0.2, 0.25) is 0 Å². The second-order valence-corrected chi connectivity index (χ2v) is 8.71. The first kappa shape index (κ1) is 20.2. The Labute approximate surface area is 157 Å². The highest BCUT2D eigenvalue weighted by molar-refractivity contribution is 7.91. The minimum Gasteiger partial charge on any atom is -0.493 e. The summed E-state index contributed by atoms with van der Waals surface area (Å²) < 4.78 is 35.1. The lowest BCUT2D eigenvalue weighted by Gasteiger charge is -2.10. The van der Waals surface area contributed by atoms with Crippen molar-refractivity contribution in [2.45, 2.75) is 24.7 Å². The molecule has 0 aliphatic carbocycles. The first-order chi connectivity index (χ1) is 12.4. The fourth-order valence-corrected chi connectivity index (χ4v) is 4.20. The predicted molar refractivity (Wildman–Crippen MR) is 99.8 cm³/mol. The third-order valence-corrected chi connectivity index (χ3v) is 6.22. The Balaban J connectivity index is 1.87. The fraction of sp³-hybridized carbons (Fsp3) is 0.412. The van der Waals surface area contributed by atoms with Gasteiger partial charge in [0.05, 0.1) is 35.6 Å². The number of aromatic nitrogens is 1. The molecule has 142 valence electrons. The SMILES string of the molecule is COc1ccc(S(=O)(=O)CCC(=O)NCCc2csc(C)n2)cc1OC. The number of hydrogen-bond donors (Lipinski definition) is 1. The summed E-state index contributed by atoms with van der Waals surface area (Å²) >= 11 is 1.56. The molecule has 0 saturated carbocycles. The van der Waals surface area contributed by atoms with E-state index in [-0.39, 0.29) is 23.0 Å². The lowest BCUT2D eigenvalue weighted by Crippen LogP contribution is -2.27. The monoisotopic (exact) mass is 398 g/mol. The van der Waals surface area contributed by atoms with E-state index in [0.29, 0.717) is 24.5 Å². The maximum Gasteiger partial charge on any atom is 0.221 e. The Morgan fingerprint density at radius 1 is 1.23 bits per heavy atom. The average molecular weight is 399 g/mol. The van der Waals surface area contributed by atoms with Gasteiger partial charge in [-0.3, -0.25) is 4.79 Å². The molecule has 0 aliphatic heterocycles. The number of methoxy groups -OCH3 is 2. The van der Waals surface area contributed by atoms with Crippen molar-refractivity contribution in [2.24, 2.45) is 0 Å². The topological polar surface area (TPSA) is 94.6 Å². The number of carbonyl (C=O) groups is 1. The van der Waals surface area contributed by atoms with Crippen molar-refractivity contribution in [2.75, 3.05) is 26.5 Å². The van der Waals surface area contributed by atoms with E-state index in [0.717, 1.165) is 10.7 Å². The van der Waals surface area contributed by atoms with E-state index in [4.69, 9.17) is 9.47 Å². The fourth-order valence-electron chi connectivity index (χ4n) is 2.30. The van der Waals surface area contributed by atoms with Gasteiger partial charge >= 0.3 is 0 Å². The van der Waals surface area contributed by atoms with Gasteiger partial charge in [-0.2, -0.15) is 0 Å². The van der Waals surface area contributed by atoms with Gasteiger partial charge in [-0.25, -0.2) is 13.4 Å². The number of amides is 1. The molecule has 1 N–H and O–H groups in total. The number of nitrogens with zero attached hydrogens (tertiary/aromatic N) is 1. The van der Waals surface area contributed by atoms with Gasteiger partial charge in [-0.1, -0.05) is 0 Å². The summed E-state index contributed by atoms with van der Waals surface area (Å²) in [6.07, 6.45) is 0.519. The molecule has 0 bridgehead atoms. The van der Waals surface area contributed by atoms with Gasteiger partial charge in [0, 0.05) is 30.8 Å². The summed E-state index contributed by atoms with van der Waals surface area (Å²) in [7, 11) is -0.682. The second-order valence-electron chi connectivity index (χ2n) is 5.54. The molecule has 0 saturated heterocycles. The van der Waals surface area contributed by atoms with E-state index in [9.17, 15) is 13.2 Å². The number of aryl methyl sites for hydroxylation is 1. The van der Waals surface area contributed by atoms with Gasteiger partial charge in [0.15, 0.2) is 21.3 Å². The van der Waals surface area contributed by atoms with E-state index in [2.05, 4.69) is 10.3 Å². The van der Waals surface area contributed by atoms with E-state index in [1.54, 1.807) is 11.3 Å². The first-order valence-electron chi connectivity index (χ1n) is 7.98. The Hall–Kier alpha value is -2.13. The van der Waals surface area contributed by atoms with Crippen LogP contribution in [0.25, 0.3) is 0 Å². The summed E-state index contributed by atoms with van der Waals surface area (Å²) in [5.74, 6) is 0.198. The van der Waals surface area contributed by atoms with Crippen LogP contribution in [0.1, 0.15) is 17.1 Å². The number of benzene rings is 1. The molecule has 26 heavy (non-hydrogen) atoms. The lowest BCUT2D eigenvalue weighted by atomic mass is 10.3. The number of thiazole rings is 1. The summed E-state index contributed by atoms with van der Waals surface area (Å²) in [5, 5.41) is 5.65. The molecule has 0 radical (unpaired) electrons. The quantitative estimate of drug-likeness (QED) is 0.694. The molecular formula is C17H22N2O5S2. The molecule has 1 amide bonds. The molecule has 7 nitrogen and oxygen atoms in total. The van der Waals surface area contributed by atoms with E-state index in [1.165, 1.54) is 32.4 Å². The van der Waals surface area contributed by atoms with Crippen LogP contribution in [0.3, 0.4) is 0 Å². The highest BCUT2D eigenvalue weighted by atomic mass is 32.2. The zero-order chi connectivity index (χ0) is 19.2. The van der Waals surface area contributed by atoms with Crippen molar-refractivity contribution >= 4 is 27.1 Å². The first-order valence-corrected chi connectivity index (χ1v) is 10.5. The number of hydrogen-bond acceptors (Lipinski definition) is 7. The molecule has 0 aliphatic rings. The minimum absolute atomic E-state index is 0.0981. The Kier molecular flexibility index (Phi) is 6.98. The van der Waals surface area contributed by atoms with Crippen molar-refractivity contribution in [3.8, 4) is 11.5 Å². The van der Waals surface area contributed by atoms with Gasteiger partial charge < -0.3 is 14.8 Å². The molecule has 1 aromatic heterocycles. The molecular weight excluding hydrogens is 376 g/mol. The zero-order valence-corrected chi connectivity index (χ0v) is 16.6. The zero-order valence-electron chi connectivity index (χ0n) is 14.9. The molecule has 0 spiro atoms. The van der Waals surface area contributed by atoms with Crippen molar-refractivity contribution in [1.82, 2.24) is 10.3 Å². The van der Waals surface area contributed by atoms with Crippen molar-refractivity contribution in [3.05, 3.63) is 34.3 Å². The Morgan fingerprint density at radius 2 is 1.96 bits per heavy atom. The average Bonchev–Trinajstić information content (AvgIpc) is 3.04. The minimum atomic E-state index is -3.59. The van der Waals surface area contributed by atoms with Crippen molar-refractivity contribution in [3.63, 3.8) is 0 Å². The molecule has 9 heteroatoms. The van der Waals surface area contributed by atoms with Crippen LogP contribution >= 0.6 is 11.3 Å². The smallest absolute Gasteiger partial charge is 0.221 e. The van der Waals surface area contributed by atoms with E-state index in [1.807, 2.05) is 12.3 Å². The summed E-state index contributed by atoms with van der Waals surface area (Å²) in [4.78, 5) is 16.3. The molecule has 2 aromatic rings. The third kappa shape index (κ3) is 5.43. The van der Waals surface area contributed by atoms with Crippen LogP contribution in [0.5, 0.6) is 11.5 Å². The van der Waals surface area contributed by atoms with E-state index < -0.39 is 9.84 Å². The second kappa shape index (κ2) is 9.00. The van der Waals surface area contributed by atoms with Gasteiger partial charge in [-0.15, -0.1) is 11.3 Å². The van der Waals surface area contributed by atoms with Gasteiger partial charge in [0.1, 0.15) is 0 Å². The number of rotatable bonds is 9. The van der Waals surface area contributed by atoms with Crippen LogP contribution < -0.4 is 14.8 Å². The Bertz CT molecular complexity index is 862. The Morgan fingerprint density at radius 3 is 2.58 bits per heavy atom. The van der Waals surface area contributed by atoms with Crippen LogP contribution in [-0.4, -0.2) is 45.8 Å². The predicted octanol–water partition coefficient (Wildman–Crippen LogP) is 1.99. The van der Waals surface area contributed by atoms with Crippen LogP contribution in [0, 0.1) is 6.92 Å². The maximum absolute atomic E-state index is 12.4. The number of nitrogens with one attached hydrogen (secondary N) is 1. The third-order valence-electron chi connectivity index (χ3n) is 3.68. The standard InChI is InChI=1S/C17H22N2O5S2/c1-12-19-13(11-25-12)6-8-18-17(20)7-9-26(21,22)14-4-5-15(23-2)16(10-14)24-3/h4-5,10-11H,6-9H2,1-3H3,(H,18,20). The van der Waals surface area contributed by atoms with Gasteiger partial charge in [0.25, 0.3) is 0 Å². The highest BCUT2D eigenvalue weighted by Gasteiger charge is 2.18. The molecule has 2 rings (SSSR count). The molecule has 0 fully saturated rings. The highest BCUT2D eigenvalue weighted by Crippen LogP contribution is 2.29. The summed E-state index contributed by atoms with van der Waals surface area (Å²) in [5.41, 5.74) is 0.922. The molecule has 1 aromatic carbocycles. The van der Waals surface area contributed by atoms with E-state index >= 15 is 0 Å². The lowest BCUT2D eigenvalue weighted by molar-refractivity contribution is -0.120. The largest absolute Gasteiger partial charge is 0.493 e. The van der Waals surface area contributed by atoms with Crippen LogP contribution in [0.15, 0.2) is 28.5 Å². The molecule has 0 unspecified atom stereocenters. The summed E-state index contributed by atoms with van der Waals surface area (Å²) in [6, 6.07) is 4.37. The normalized spacial score (nSPS) is 11.2. The maximum atomic E-state index is 12.4. The number of ether oxygens (including phenoxy) is 2. The molecule has 0 atom stereocenters. The van der Waals surface area contributed by atoms with Crippen molar-refractivity contribution < 1.29 is 22.7 Å². The summed E-state index contributed by atoms with van der Waals surface area (Å²) in [6.45, 7) is 2.35. The van der Waals surface area contributed by atoms with Crippen molar-refractivity contribution in [1.29, 1.82) is 0 Å². The van der Waals surface area contributed by atoms with Crippen LogP contribution in [0.4, 0.5) is 0 Å². The number of sulfone groups is 1. The molecule has 1 heterocycles. The van der Waals surface area contributed by atoms with Gasteiger partial charge in [0.2, 0.25) is 5.91 Å².